The largest absolute Gasteiger partial charge is 0.493 e. The highest BCUT2D eigenvalue weighted by Crippen LogP contribution is 2.28. The number of hydrogen-bond acceptors (Lipinski definition) is 7. The Bertz CT molecular complexity index is 1020. The zero-order valence-corrected chi connectivity index (χ0v) is 17.5. The summed E-state index contributed by atoms with van der Waals surface area (Å²) in [6, 6.07) is 15.6. The number of hydrogen-bond donors (Lipinski definition) is 4. The highest BCUT2D eigenvalue weighted by molar-refractivity contribution is 5.93. The lowest BCUT2D eigenvalue weighted by atomic mass is 10.0. The fourth-order valence-corrected chi connectivity index (χ4v) is 3.59. The van der Waals surface area contributed by atoms with Crippen LogP contribution in [0.1, 0.15) is 29.4 Å². The van der Waals surface area contributed by atoms with Crippen LogP contribution in [0.2, 0.25) is 0 Å². The monoisotopic (exact) mass is 422 g/mol. The van der Waals surface area contributed by atoms with Gasteiger partial charge >= 0.3 is 0 Å². The van der Waals surface area contributed by atoms with E-state index in [1.54, 1.807) is 14.2 Å². The van der Waals surface area contributed by atoms with Crippen LogP contribution in [0.5, 0.6) is 11.5 Å². The van der Waals surface area contributed by atoms with E-state index in [1.165, 1.54) is 0 Å². The molecule has 2 unspecified atom stereocenters. The molecule has 0 aliphatic carbocycles. The first-order valence-electron chi connectivity index (χ1n) is 10.2. The van der Waals surface area contributed by atoms with E-state index in [-0.39, 0.29) is 23.9 Å². The normalized spacial score (nSPS) is 18.0. The molecule has 9 nitrogen and oxygen atoms in total. The summed E-state index contributed by atoms with van der Waals surface area (Å²) in [6.45, 7) is 0. The maximum atomic E-state index is 12.6. The molecule has 1 aliphatic rings. The average molecular weight is 422 g/mol. The molecule has 3 aromatic rings. The highest BCUT2D eigenvalue weighted by Gasteiger charge is 2.30. The van der Waals surface area contributed by atoms with Gasteiger partial charge in [-0.15, -0.1) is 5.10 Å². The Morgan fingerprint density at radius 2 is 1.87 bits per heavy atom. The molecule has 2 heterocycles. The molecule has 31 heavy (non-hydrogen) atoms. The fourth-order valence-electron chi connectivity index (χ4n) is 3.59. The summed E-state index contributed by atoms with van der Waals surface area (Å²) >= 11 is 0. The molecule has 1 amide bonds. The molecule has 0 radical (unpaired) electrons. The van der Waals surface area contributed by atoms with Crippen molar-refractivity contribution in [2.75, 3.05) is 19.5 Å². The zero-order valence-electron chi connectivity index (χ0n) is 17.5. The van der Waals surface area contributed by atoms with Gasteiger partial charge in [0.2, 0.25) is 11.9 Å². The van der Waals surface area contributed by atoms with Crippen molar-refractivity contribution in [2.24, 2.45) is 0 Å². The number of methoxy groups -OCH3 is 2. The smallest absolute Gasteiger partial charge is 0.248 e. The topological polar surface area (TPSA) is 113 Å². The van der Waals surface area contributed by atoms with Gasteiger partial charge in [-0.1, -0.05) is 36.4 Å². The lowest BCUT2D eigenvalue weighted by molar-refractivity contribution is -0.117. The maximum absolute atomic E-state index is 12.6. The van der Waals surface area contributed by atoms with Crippen molar-refractivity contribution < 1.29 is 14.3 Å². The third-order valence-electron chi connectivity index (χ3n) is 5.29. The van der Waals surface area contributed by atoms with Crippen molar-refractivity contribution in [3.63, 3.8) is 0 Å². The first-order chi connectivity index (χ1) is 15.2. The number of hydrazine groups is 1. The molecule has 1 aliphatic heterocycles. The number of rotatable bonds is 8. The summed E-state index contributed by atoms with van der Waals surface area (Å²) in [5.74, 6) is 2.19. The summed E-state index contributed by atoms with van der Waals surface area (Å²) < 4.78 is 10.6. The van der Waals surface area contributed by atoms with Crippen LogP contribution in [0.3, 0.4) is 0 Å². The minimum atomic E-state index is -0.362. The van der Waals surface area contributed by atoms with Crippen LogP contribution in [-0.2, 0) is 17.6 Å². The van der Waals surface area contributed by atoms with Crippen LogP contribution >= 0.6 is 0 Å². The number of nitrogens with zero attached hydrogens (tertiary/aromatic N) is 2. The quantitative estimate of drug-likeness (QED) is 0.440. The SMILES string of the molecule is COc1ccc(CCc2nc(NC(=O)C3CC(c4ccccc4)NN3)n[nH]2)cc1OC. The van der Waals surface area contributed by atoms with Gasteiger partial charge in [0.15, 0.2) is 11.5 Å². The van der Waals surface area contributed by atoms with Crippen molar-refractivity contribution in [3.05, 3.63) is 65.5 Å². The second-order valence-corrected chi connectivity index (χ2v) is 7.32. The van der Waals surface area contributed by atoms with Crippen LogP contribution in [0.25, 0.3) is 0 Å². The molecule has 0 spiro atoms. The van der Waals surface area contributed by atoms with Gasteiger partial charge in [-0.2, -0.15) is 4.98 Å². The Hall–Kier alpha value is -3.43. The van der Waals surface area contributed by atoms with Gasteiger partial charge in [0.05, 0.1) is 14.2 Å². The molecule has 0 bridgehead atoms. The number of aryl methyl sites for hydroxylation is 2. The summed E-state index contributed by atoms with van der Waals surface area (Å²) in [5.41, 5.74) is 8.45. The van der Waals surface area contributed by atoms with Crippen LogP contribution in [0, 0.1) is 0 Å². The first-order valence-corrected chi connectivity index (χ1v) is 10.2. The Labute approximate surface area is 180 Å². The maximum Gasteiger partial charge on any atom is 0.248 e. The van der Waals surface area contributed by atoms with Gasteiger partial charge < -0.3 is 9.47 Å². The fraction of sp³-hybridized carbons (Fsp3) is 0.318. The van der Waals surface area contributed by atoms with E-state index in [4.69, 9.17) is 9.47 Å². The van der Waals surface area contributed by atoms with E-state index in [1.807, 2.05) is 48.5 Å². The van der Waals surface area contributed by atoms with E-state index in [0.29, 0.717) is 30.2 Å². The number of amides is 1. The molecule has 1 aromatic heterocycles. The highest BCUT2D eigenvalue weighted by atomic mass is 16.5. The number of ether oxygens (including phenoxy) is 2. The van der Waals surface area contributed by atoms with Crippen LogP contribution in [0.4, 0.5) is 5.95 Å². The summed E-state index contributed by atoms with van der Waals surface area (Å²) in [7, 11) is 3.23. The number of carbonyl (C=O) groups is 1. The molecule has 1 fully saturated rings. The Kier molecular flexibility index (Phi) is 6.44. The first kappa shape index (κ1) is 20.8. The van der Waals surface area contributed by atoms with Crippen LogP contribution in [-0.4, -0.2) is 41.3 Å². The standard InChI is InChI=1S/C22H26N6O3/c1-30-18-10-8-14(12-19(18)31-2)9-11-20-23-22(28-27-20)24-21(29)17-13-16(25-26-17)15-6-4-3-5-7-15/h3-8,10,12,16-17,25-26H,9,11,13H2,1-2H3,(H2,23,24,27,28,29). The van der Waals surface area contributed by atoms with Crippen LogP contribution < -0.4 is 25.6 Å². The summed E-state index contributed by atoms with van der Waals surface area (Å²) in [4.78, 5) is 17.0. The lowest BCUT2D eigenvalue weighted by Gasteiger charge is -2.09. The Morgan fingerprint density at radius 1 is 1.06 bits per heavy atom. The molecular formula is C22H26N6O3. The van der Waals surface area contributed by atoms with Gasteiger partial charge in [-0.25, -0.2) is 10.9 Å². The van der Waals surface area contributed by atoms with Crippen molar-refractivity contribution in [2.45, 2.75) is 31.3 Å². The summed E-state index contributed by atoms with van der Waals surface area (Å²) in [6.07, 6.45) is 2.04. The molecular weight excluding hydrogens is 396 g/mol. The zero-order chi connectivity index (χ0) is 21.6. The number of nitrogens with one attached hydrogen (secondary N) is 4. The van der Waals surface area contributed by atoms with Crippen molar-refractivity contribution in [1.82, 2.24) is 26.0 Å². The number of benzene rings is 2. The second-order valence-electron chi connectivity index (χ2n) is 7.32. The minimum absolute atomic E-state index is 0.0844. The van der Waals surface area contributed by atoms with Gasteiger partial charge in [-0.05, 0) is 36.1 Å². The number of aromatic nitrogens is 3. The van der Waals surface area contributed by atoms with E-state index in [0.717, 1.165) is 17.5 Å². The van der Waals surface area contributed by atoms with Gasteiger partial charge in [0.1, 0.15) is 11.9 Å². The van der Waals surface area contributed by atoms with Crippen molar-refractivity contribution in [3.8, 4) is 11.5 Å². The number of aromatic amines is 1. The molecule has 162 valence electrons. The van der Waals surface area contributed by atoms with Gasteiger partial charge in [0.25, 0.3) is 0 Å². The molecule has 4 rings (SSSR count). The summed E-state index contributed by atoms with van der Waals surface area (Å²) in [5, 5.41) is 9.78. The lowest BCUT2D eigenvalue weighted by Crippen LogP contribution is -2.39. The van der Waals surface area contributed by atoms with E-state index < -0.39 is 0 Å². The van der Waals surface area contributed by atoms with Crippen molar-refractivity contribution >= 4 is 11.9 Å². The van der Waals surface area contributed by atoms with Gasteiger partial charge in [-0.3, -0.25) is 15.2 Å². The molecule has 2 aromatic carbocycles. The number of carbonyl (C=O) groups excluding carboxylic acids is 1. The van der Waals surface area contributed by atoms with Crippen molar-refractivity contribution in [1.29, 1.82) is 0 Å². The molecule has 0 saturated carbocycles. The van der Waals surface area contributed by atoms with E-state index in [2.05, 4.69) is 31.3 Å². The third-order valence-corrected chi connectivity index (χ3v) is 5.29. The molecule has 4 N–H and O–H groups in total. The third kappa shape index (κ3) is 5.01. The number of anilines is 1. The van der Waals surface area contributed by atoms with E-state index >= 15 is 0 Å². The molecule has 2 atom stereocenters. The number of H-pyrrole nitrogens is 1. The predicted octanol–water partition coefficient (Wildman–Crippen LogP) is 2.15. The average Bonchev–Trinajstić information content (AvgIpc) is 3.48. The van der Waals surface area contributed by atoms with E-state index in [9.17, 15) is 4.79 Å². The predicted molar refractivity (Wildman–Crippen MR) is 116 cm³/mol. The van der Waals surface area contributed by atoms with Crippen LogP contribution in [0.15, 0.2) is 48.5 Å². The molecule has 1 saturated heterocycles. The molecule has 9 heteroatoms. The Balaban J connectivity index is 1.30. The minimum Gasteiger partial charge on any atom is -0.493 e. The Morgan fingerprint density at radius 3 is 2.65 bits per heavy atom. The van der Waals surface area contributed by atoms with Gasteiger partial charge in [0, 0.05) is 12.5 Å². The second kappa shape index (κ2) is 9.59.